The predicted molar refractivity (Wildman–Crippen MR) is 82.8 cm³/mol. The van der Waals surface area contributed by atoms with Gasteiger partial charge >= 0.3 is 0 Å². The number of hydrogen-bond acceptors (Lipinski definition) is 0. The molecule has 0 heterocycles. The first-order valence-electron chi connectivity index (χ1n) is 8.67. The first-order valence-corrected chi connectivity index (χ1v) is 8.67. The van der Waals surface area contributed by atoms with Crippen LogP contribution in [0.2, 0.25) is 0 Å². The van der Waals surface area contributed by atoms with Gasteiger partial charge in [-0.05, 0) is 36.5 Å². The molecule has 0 radical (unpaired) electrons. The van der Waals surface area contributed by atoms with Gasteiger partial charge in [-0.1, -0.05) is 79.1 Å². The van der Waals surface area contributed by atoms with E-state index in [4.69, 9.17) is 0 Å². The maximum absolute atomic E-state index is 2.48. The van der Waals surface area contributed by atoms with E-state index in [0.717, 1.165) is 23.7 Å². The van der Waals surface area contributed by atoms with E-state index in [2.05, 4.69) is 27.7 Å². The zero-order valence-corrected chi connectivity index (χ0v) is 13.4. The molecule has 1 aliphatic rings. The Hall–Kier alpha value is 0. The van der Waals surface area contributed by atoms with Gasteiger partial charge in [0, 0.05) is 0 Å². The van der Waals surface area contributed by atoms with Crippen molar-refractivity contribution in [2.45, 2.75) is 91.9 Å². The molecule has 1 saturated carbocycles. The van der Waals surface area contributed by atoms with E-state index < -0.39 is 0 Å². The molecule has 18 heavy (non-hydrogen) atoms. The molecule has 0 aromatic carbocycles. The van der Waals surface area contributed by atoms with Crippen LogP contribution in [-0.2, 0) is 0 Å². The summed E-state index contributed by atoms with van der Waals surface area (Å²) in [6.45, 7) is 9.51. The van der Waals surface area contributed by atoms with Crippen molar-refractivity contribution in [2.24, 2.45) is 23.7 Å². The van der Waals surface area contributed by atoms with Gasteiger partial charge in [-0.2, -0.15) is 0 Å². The van der Waals surface area contributed by atoms with Crippen molar-refractivity contribution >= 4 is 0 Å². The summed E-state index contributed by atoms with van der Waals surface area (Å²) < 4.78 is 0. The second-order valence-corrected chi connectivity index (χ2v) is 7.04. The normalized spacial score (nSPS) is 26.0. The molecule has 0 nitrogen and oxygen atoms in total. The van der Waals surface area contributed by atoms with Crippen molar-refractivity contribution < 1.29 is 0 Å². The third kappa shape index (κ3) is 6.81. The summed E-state index contributed by atoms with van der Waals surface area (Å²) in [6, 6.07) is 0. The molecule has 108 valence electrons. The highest BCUT2D eigenvalue weighted by Gasteiger charge is 2.36. The third-order valence-corrected chi connectivity index (χ3v) is 5.04. The average molecular weight is 252 g/mol. The van der Waals surface area contributed by atoms with Gasteiger partial charge in [-0.15, -0.1) is 0 Å². The maximum Gasteiger partial charge on any atom is -0.0380 e. The van der Waals surface area contributed by atoms with E-state index in [9.17, 15) is 0 Å². The summed E-state index contributed by atoms with van der Waals surface area (Å²) >= 11 is 0. The molecule has 0 aromatic rings. The fourth-order valence-electron chi connectivity index (χ4n) is 3.24. The van der Waals surface area contributed by atoms with E-state index in [1.807, 2.05) is 0 Å². The van der Waals surface area contributed by atoms with Crippen LogP contribution in [0.4, 0.5) is 0 Å². The van der Waals surface area contributed by atoms with Crippen molar-refractivity contribution in [1.82, 2.24) is 0 Å². The van der Waals surface area contributed by atoms with E-state index in [-0.39, 0.29) is 0 Å². The third-order valence-electron chi connectivity index (χ3n) is 5.04. The molecule has 0 amide bonds. The average Bonchev–Trinajstić information content (AvgIpc) is 3.10. The molecule has 0 spiro atoms. The monoisotopic (exact) mass is 252 g/mol. The van der Waals surface area contributed by atoms with E-state index in [1.54, 1.807) is 6.42 Å². The van der Waals surface area contributed by atoms with E-state index >= 15 is 0 Å². The minimum absolute atomic E-state index is 0.946. The topological polar surface area (TPSA) is 0 Å². The van der Waals surface area contributed by atoms with Crippen molar-refractivity contribution in [3.8, 4) is 0 Å². The number of hydrogen-bond donors (Lipinski definition) is 0. The minimum Gasteiger partial charge on any atom is -0.0654 e. The summed E-state index contributed by atoms with van der Waals surface area (Å²) in [5, 5.41) is 0. The van der Waals surface area contributed by atoms with Crippen LogP contribution in [0.1, 0.15) is 91.9 Å². The lowest BCUT2D eigenvalue weighted by Crippen LogP contribution is -1.99. The Bertz CT molecular complexity index is 196. The van der Waals surface area contributed by atoms with Crippen LogP contribution in [0.5, 0.6) is 0 Å². The molecule has 0 saturated heterocycles. The summed E-state index contributed by atoms with van der Waals surface area (Å²) in [7, 11) is 0. The molecule has 4 atom stereocenters. The molecule has 1 fully saturated rings. The smallest absolute Gasteiger partial charge is 0.0380 e. The molecule has 0 aliphatic heterocycles. The Morgan fingerprint density at radius 2 is 1.56 bits per heavy atom. The van der Waals surface area contributed by atoms with Crippen LogP contribution in [0.15, 0.2) is 0 Å². The van der Waals surface area contributed by atoms with Gasteiger partial charge in [0.2, 0.25) is 0 Å². The van der Waals surface area contributed by atoms with Crippen LogP contribution in [0.25, 0.3) is 0 Å². The SMILES string of the molecule is CCCCC1CC1CC(C)CCCCC(C)CC. The number of rotatable bonds is 11. The lowest BCUT2D eigenvalue weighted by molar-refractivity contribution is 0.403. The van der Waals surface area contributed by atoms with E-state index in [0.29, 0.717) is 0 Å². The Kier molecular flexibility index (Phi) is 8.02. The second-order valence-electron chi connectivity index (χ2n) is 7.04. The standard InChI is InChI=1S/C18H36/c1-5-7-12-17-14-18(17)13-16(4)11-9-8-10-15(3)6-2/h15-18H,5-14H2,1-4H3. The van der Waals surface area contributed by atoms with Crippen molar-refractivity contribution in [1.29, 1.82) is 0 Å². The van der Waals surface area contributed by atoms with Gasteiger partial charge in [0.15, 0.2) is 0 Å². The lowest BCUT2D eigenvalue weighted by atomic mass is 9.94. The maximum atomic E-state index is 2.48. The first kappa shape index (κ1) is 16.1. The quantitative estimate of drug-likeness (QED) is 0.371. The van der Waals surface area contributed by atoms with Crippen LogP contribution >= 0.6 is 0 Å². The van der Waals surface area contributed by atoms with Gasteiger partial charge in [0.1, 0.15) is 0 Å². The molecular formula is C18H36. The Labute approximate surface area is 116 Å². The Balaban J connectivity index is 1.93. The van der Waals surface area contributed by atoms with Crippen molar-refractivity contribution in [2.75, 3.05) is 0 Å². The Morgan fingerprint density at radius 1 is 0.889 bits per heavy atom. The number of unbranched alkanes of at least 4 members (excludes halogenated alkanes) is 2. The van der Waals surface area contributed by atoms with Gasteiger partial charge in [-0.25, -0.2) is 0 Å². The fraction of sp³-hybridized carbons (Fsp3) is 1.00. The van der Waals surface area contributed by atoms with Gasteiger partial charge in [-0.3, -0.25) is 0 Å². The molecule has 1 rings (SSSR count). The first-order chi connectivity index (χ1) is 8.67. The van der Waals surface area contributed by atoms with E-state index in [1.165, 1.54) is 57.8 Å². The molecule has 0 aromatic heterocycles. The second kappa shape index (κ2) is 8.99. The summed E-state index contributed by atoms with van der Waals surface area (Å²) in [6.07, 6.45) is 14.7. The zero-order chi connectivity index (χ0) is 13.4. The lowest BCUT2D eigenvalue weighted by Gasteiger charge is -2.12. The van der Waals surface area contributed by atoms with Crippen LogP contribution in [-0.4, -0.2) is 0 Å². The van der Waals surface area contributed by atoms with Crippen LogP contribution in [0, 0.1) is 23.7 Å². The fourth-order valence-corrected chi connectivity index (χ4v) is 3.24. The predicted octanol–water partition coefficient (Wildman–Crippen LogP) is 6.45. The highest BCUT2D eigenvalue weighted by molar-refractivity contribution is 4.86. The Morgan fingerprint density at radius 3 is 2.17 bits per heavy atom. The molecular weight excluding hydrogens is 216 g/mol. The summed E-state index contributed by atoms with van der Waals surface area (Å²) in [5.74, 6) is 4.16. The highest BCUT2D eigenvalue weighted by atomic mass is 14.4. The van der Waals surface area contributed by atoms with Gasteiger partial charge < -0.3 is 0 Å². The largest absolute Gasteiger partial charge is 0.0654 e. The van der Waals surface area contributed by atoms with Gasteiger partial charge in [0.25, 0.3) is 0 Å². The summed E-state index contributed by atoms with van der Waals surface area (Å²) in [4.78, 5) is 0. The molecule has 0 bridgehead atoms. The van der Waals surface area contributed by atoms with Crippen LogP contribution < -0.4 is 0 Å². The molecule has 0 heteroatoms. The molecule has 4 unspecified atom stereocenters. The molecule has 1 aliphatic carbocycles. The van der Waals surface area contributed by atoms with Crippen molar-refractivity contribution in [3.05, 3.63) is 0 Å². The highest BCUT2D eigenvalue weighted by Crippen LogP contribution is 2.46. The molecule has 0 N–H and O–H groups in total. The van der Waals surface area contributed by atoms with Crippen molar-refractivity contribution in [3.63, 3.8) is 0 Å². The zero-order valence-electron chi connectivity index (χ0n) is 13.4. The summed E-state index contributed by atoms with van der Waals surface area (Å²) in [5.41, 5.74) is 0. The van der Waals surface area contributed by atoms with Gasteiger partial charge in [0.05, 0.1) is 0 Å². The minimum atomic E-state index is 0.946. The van der Waals surface area contributed by atoms with Crippen LogP contribution in [0.3, 0.4) is 0 Å².